The number of hydrogen-bond donors (Lipinski definition) is 1. The number of nitrogens with zero attached hydrogens (tertiary/aromatic N) is 2. The minimum atomic E-state index is 0.591. The van der Waals surface area contributed by atoms with Crippen LogP contribution in [0.3, 0.4) is 0 Å². The number of anilines is 1. The molecule has 1 N–H and O–H groups in total. The second kappa shape index (κ2) is 7.53. The summed E-state index contributed by atoms with van der Waals surface area (Å²) < 4.78 is 7.20. The Morgan fingerprint density at radius 2 is 2.20 bits per heavy atom. The molecule has 0 spiro atoms. The zero-order valence-corrected chi connectivity index (χ0v) is 12.8. The van der Waals surface area contributed by atoms with E-state index in [0.717, 1.165) is 37.8 Å². The zero-order chi connectivity index (χ0) is 14.4. The van der Waals surface area contributed by atoms with Crippen molar-refractivity contribution in [3.8, 4) is 5.69 Å². The smallest absolute Gasteiger partial charge is 0.207 e. The van der Waals surface area contributed by atoms with Gasteiger partial charge in [0.1, 0.15) is 0 Å². The third-order valence-corrected chi connectivity index (χ3v) is 3.30. The summed E-state index contributed by atoms with van der Waals surface area (Å²) in [6, 6.07) is 5.40. The quantitative estimate of drug-likeness (QED) is 0.785. The number of ether oxygens (including phenoxy) is 1. The molecule has 1 heterocycles. The molecule has 0 amide bonds. The Morgan fingerprint density at radius 3 is 2.95 bits per heavy atom. The number of hydrogen-bond acceptors (Lipinski definition) is 3. The summed E-state index contributed by atoms with van der Waals surface area (Å²) in [5.41, 5.74) is 0.848. The summed E-state index contributed by atoms with van der Waals surface area (Å²) in [6.45, 7) is 4.27. The molecule has 4 nitrogen and oxygen atoms in total. The highest BCUT2D eigenvalue weighted by Gasteiger charge is 2.08. The van der Waals surface area contributed by atoms with E-state index in [2.05, 4.69) is 10.3 Å². The fourth-order valence-corrected chi connectivity index (χ4v) is 2.32. The second-order valence-electron chi connectivity index (χ2n) is 4.19. The minimum Gasteiger partial charge on any atom is -0.382 e. The van der Waals surface area contributed by atoms with Crippen molar-refractivity contribution in [3.05, 3.63) is 40.6 Å². The number of imidazole rings is 1. The number of halogens is 2. The first kappa shape index (κ1) is 15.2. The number of nitrogens with one attached hydrogen (secondary N) is 1. The van der Waals surface area contributed by atoms with Gasteiger partial charge in [0.2, 0.25) is 5.95 Å². The van der Waals surface area contributed by atoms with Gasteiger partial charge < -0.3 is 10.1 Å². The van der Waals surface area contributed by atoms with E-state index in [9.17, 15) is 0 Å². The van der Waals surface area contributed by atoms with Crippen molar-refractivity contribution in [1.82, 2.24) is 9.55 Å². The predicted octanol–water partition coefficient (Wildman–Crippen LogP) is 4.02. The van der Waals surface area contributed by atoms with Gasteiger partial charge in [0.05, 0.1) is 10.7 Å². The first-order valence-corrected chi connectivity index (χ1v) is 7.28. The third-order valence-electron chi connectivity index (χ3n) is 2.76. The number of rotatable bonds is 7. The summed E-state index contributed by atoms with van der Waals surface area (Å²) in [5.74, 6) is 0.755. The van der Waals surface area contributed by atoms with Gasteiger partial charge in [-0.3, -0.25) is 4.57 Å². The van der Waals surface area contributed by atoms with Crippen LogP contribution < -0.4 is 5.32 Å². The second-order valence-corrected chi connectivity index (χ2v) is 5.04. The van der Waals surface area contributed by atoms with Gasteiger partial charge in [0, 0.05) is 37.2 Å². The Morgan fingerprint density at radius 1 is 1.35 bits per heavy atom. The molecule has 20 heavy (non-hydrogen) atoms. The predicted molar refractivity (Wildman–Crippen MR) is 83.2 cm³/mol. The van der Waals surface area contributed by atoms with Gasteiger partial charge in [0.15, 0.2) is 0 Å². The Labute approximate surface area is 128 Å². The summed E-state index contributed by atoms with van der Waals surface area (Å²) in [5, 5.41) is 4.48. The lowest BCUT2D eigenvalue weighted by molar-refractivity contribution is 0.147. The molecule has 2 aromatic rings. The van der Waals surface area contributed by atoms with Crippen LogP contribution in [0.4, 0.5) is 5.95 Å². The monoisotopic (exact) mass is 313 g/mol. The van der Waals surface area contributed by atoms with Gasteiger partial charge in [-0.2, -0.15) is 0 Å². The van der Waals surface area contributed by atoms with Crippen molar-refractivity contribution in [3.63, 3.8) is 0 Å². The Bertz CT molecular complexity index is 557. The van der Waals surface area contributed by atoms with Crippen molar-refractivity contribution >= 4 is 29.2 Å². The van der Waals surface area contributed by atoms with Crippen LogP contribution in [0.15, 0.2) is 30.6 Å². The molecular weight excluding hydrogens is 297 g/mol. The first-order valence-electron chi connectivity index (χ1n) is 6.52. The third kappa shape index (κ3) is 3.88. The van der Waals surface area contributed by atoms with Gasteiger partial charge in [-0.1, -0.05) is 23.2 Å². The maximum atomic E-state index is 6.21. The van der Waals surface area contributed by atoms with Crippen molar-refractivity contribution in [2.24, 2.45) is 0 Å². The molecule has 0 saturated heterocycles. The van der Waals surface area contributed by atoms with E-state index in [4.69, 9.17) is 27.9 Å². The van der Waals surface area contributed by atoms with E-state index in [-0.39, 0.29) is 0 Å². The highest BCUT2D eigenvalue weighted by atomic mass is 35.5. The molecule has 6 heteroatoms. The molecule has 0 atom stereocenters. The van der Waals surface area contributed by atoms with Crippen LogP contribution in [-0.2, 0) is 4.74 Å². The van der Waals surface area contributed by atoms with Crippen LogP contribution in [-0.4, -0.2) is 29.3 Å². The van der Waals surface area contributed by atoms with E-state index < -0.39 is 0 Å². The molecule has 108 valence electrons. The molecule has 2 rings (SSSR count). The largest absolute Gasteiger partial charge is 0.382 e. The maximum absolute atomic E-state index is 6.21. The molecule has 0 bridgehead atoms. The topological polar surface area (TPSA) is 39.1 Å². The fraction of sp³-hybridized carbons (Fsp3) is 0.357. The van der Waals surface area contributed by atoms with Gasteiger partial charge in [-0.15, -0.1) is 0 Å². The van der Waals surface area contributed by atoms with Gasteiger partial charge in [-0.05, 0) is 31.5 Å². The van der Waals surface area contributed by atoms with Crippen LogP contribution >= 0.6 is 23.2 Å². The molecule has 0 aliphatic rings. The van der Waals surface area contributed by atoms with Crippen LogP contribution in [0, 0.1) is 0 Å². The molecule has 0 radical (unpaired) electrons. The molecule has 1 aromatic heterocycles. The van der Waals surface area contributed by atoms with Crippen LogP contribution in [0.5, 0.6) is 0 Å². The van der Waals surface area contributed by atoms with E-state index >= 15 is 0 Å². The normalized spacial score (nSPS) is 10.8. The summed E-state index contributed by atoms with van der Waals surface area (Å²) >= 11 is 12.1. The zero-order valence-electron chi connectivity index (χ0n) is 11.3. The Hall–Kier alpha value is -1.23. The standard InChI is InChI=1S/C14H17Cl2N3O/c1-2-20-9-3-6-17-14-18-7-8-19(14)13-5-4-11(15)10-12(13)16/h4-5,7-8,10H,2-3,6,9H2,1H3,(H,17,18). The average molecular weight is 314 g/mol. The van der Waals surface area contributed by atoms with Crippen molar-refractivity contribution < 1.29 is 4.74 Å². The molecule has 1 aromatic carbocycles. The molecule has 0 fully saturated rings. The Kier molecular flexibility index (Phi) is 5.71. The van der Waals surface area contributed by atoms with E-state index in [1.165, 1.54) is 0 Å². The van der Waals surface area contributed by atoms with E-state index in [1.54, 1.807) is 12.3 Å². The van der Waals surface area contributed by atoms with E-state index in [0.29, 0.717) is 10.0 Å². The SMILES string of the molecule is CCOCCCNc1nccn1-c1ccc(Cl)cc1Cl. The molecule has 0 aliphatic carbocycles. The summed E-state index contributed by atoms with van der Waals surface area (Å²) in [4.78, 5) is 4.29. The fourth-order valence-electron chi connectivity index (χ4n) is 1.82. The van der Waals surface area contributed by atoms with Crippen LogP contribution in [0.1, 0.15) is 13.3 Å². The lowest BCUT2D eigenvalue weighted by atomic mass is 10.3. The van der Waals surface area contributed by atoms with Gasteiger partial charge >= 0.3 is 0 Å². The number of benzene rings is 1. The first-order chi connectivity index (χ1) is 9.72. The van der Waals surface area contributed by atoms with Gasteiger partial charge in [0.25, 0.3) is 0 Å². The minimum absolute atomic E-state index is 0.591. The lowest BCUT2D eigenvalue weighted by Gasteiger charge is -2.11. The number of aromatic nitrogens is 2. The maximum Gasteiger partial charge on any atom is 0.207 e. The molecular formula is C14H17Cl2N3O. The van der Waals surface area contributed by atoms with Crippen LogP contribution in [0.2, 0.25) is 10.0 Å². The molecule has 0 saturated carbocycles. The van der Waals surface area contributed by atoms with Gasteiger partial charge in [-0.25, -0.2) is 4.98 Å². The van der Waals surface area contributed by atoms with Crippen molar-refractivity contribution in [2.75, 3.05) is 25.1 Å². The summed E-state index contributed by atoms with van der Waals surface area (Å²) in [6.07, 6.45) is 4.52. The molecule has 0 unspecified atom stereocenters. The van der Waals surface area contributed by atoms with Crippen LogP contribution in [0.25, 0.3) is 5.69 Å². The van der Waals surface area contributed by atoms with Crippen molar-refractivity contribution in [1.29, 1.82) is 0 Å². The highest BCUT2D eigenvalue weighted by molar-refractivity contribution is 6.35. The highest BCUT2D eigenvalue weighted by Crippen LogP contribution is 2.26. The summed E-state index contributed by atoms with van der Waals surface area (Å²) in [7, 11) is 0. The van der Waals surface area contributed by atoms with Crippen molar-refractivity contribution in [2.45, 2.75) is 13.3 Å². The van der Waals surface area contributed by atoms with E-state index in [1.807, 2.05) is 29.8 Å². The Balaban J connectivity index is 2.04. The lowest BCUT2D eigenvalue weighted by Crippen LogP contribution is -2.10. The molecule has 0 aliphatic heterocycles. The average Bonchev–Trinajstić information content (AvgIpc) is 2.87.